The second-order valence-corrected chi connectivity index (χ2v) is 7.29. The minimum atomic E-state index is -0.556. The van der Waals surface area contributed by atoms with Crippen molar-refractivity contribution in [3.63, 3.8) is 0 Å². The van der Waals surface area contributed by atoms with E-state index in [2.05, 4.69) is 15.3 Å². The van der Waals surface area contributed by atoms with Gasteiger partial charge >= 0.3 is 0 Å². The predicted molar refractivity (Wildman–Crippen MR) is 97.3 cm³/mol. The maximum atomic E-state index is 12.3. The fourth-order valence-corrected chi connectivity index (χ4v) is 3.68. The first-order chi connectivity index (χ1) is 11.9. The van der Waals surface area contributed by atoms with Crippen LogP contribution < -0.4 is 10.9 Å². The molecule has 3 aromatic rings. The molecule has 2 N–H and O–H groups in total. The minimum Gasteiger partial charge on any atom is -0.325 e. The molecule has 0 aliphatic rings. The molecule has 3 rings (SSSR count). The summed E-state index contributed by atoms with van der Waals surface area (Å²) in [7, 11) is 0. The molecule has 25 heavy (non-hydrogen) atoms. The van der Waals surface area contributed by atoms with E-state index in [9.17, 15) is 19.7 Å². The zero-order chi connectivity index (χ0) is 18.0. The molecule has 1 atom stereocenters. The number of H-pyrrole nitrogens is 1. The van der Waals surface area contributed by atoms with Gasteiger partial charge in [-0.1, -0.05) is 17.8 Å². The lowest BCUT2D eigenvalue weighted by Crippen LogP contribution is -2.23. The highest BCUT2D eigenvalue weighted by Gasteiger charge is 2.18. The highest BCUT2D eigenvalue weighted by atomic mass is 32.2. The second-order valence-electron chi connectivity index (χ2n) is 5.07. The van der Waals surface area contributed by atoms with Crippen molar-refractivity contribution in [3.8, 4) is 0 Å². The van der Waals surface area contributed by atoms with E-state index >= 15 is 0 Å². The normalized spacial score (nSPS) is 12.0. The summed E-state index contributed by atoms with van der Waals surface area (Å²) in [6.45, 7) is 1.66. The van der Waals surface area contributed by atoms with Crippen LogP contribution in [-0.4, -0.2) is 26.0 Å². The third-order valence-corrected chi connectivity index (χ3v) is 5.09. The van der Waals surface area contributed by atoms with Gasteiger partial charge in [-0.25, -0.2) is 4.98 Å². The third kappa shape index (κ3) is 3.86. The molecular weight excluding hydrogens is 364 g/mol. The molecule has 0 saturated heterocycles. The standard InChI is InChI=1S/C15H12N4O4S2/c1-8(12(20)16-9-3-2-4-10(7-9)19(22)23)25-15-17-13(21)11-5-6-24-14(11)18-15/h2-8H,1H3,(H,16,20)(H,17,18,21)/t8-/m1/s1. The zero-order valence-electron chi connectivity index (χ0n) is 12.9. The van der Waals surface area contributed by atoms with Crippen LogP contribution in [0.25, 0.3) is 10.2 Å². The van der Waals surface area contributed by atoms with Gasteiger partial charge in [-0.05, 0) is 24.4 Å². The van der Waals surface area contributed by atoms with Gasteiger partial charge in [0.2, 0.25) is 5.91 Å². The van der Waals surface area contributed by atoms with Crippen LogP contribution in [0.15, 0.2) is 45.7 Å². The van der Waals surface area contributed by atoms with Gasteiger partial charge < -0.3 is 10.3 Å². The quantitative estimate of drug-likeness (QED) is 0.306. The number of thioether (sulfide) groups is 1. The smallest absolute Gasteiger partial charge is 0.271 e. The van der Waals surface area contributed by atoms with E-state index in [1.165, 1.54) is 29.5 Å². The van der Waals surface area contributed by atoms with E-state index < -0.39 is 10.2 Å². The van der Waals surface area contributed by atoms with Crippen molar-refractivity contribution in [2.45, 2.75) is 17.3 Å². The Balaban J connectivity index is 1.72. The third-order valence-electron chi connectivity index (χ3n) is 3.30. The molecule has 8 nitrogen and oxygen atoms in total. The van der Waals surface area contributed by atoms with Gasteiger partial charge in [-0.15, -0.1) is 11.3 Å². The molecular formula is C15H12N4O4S2. The maximum Gasteiger partial charge on any atom is 0.271 e. The number of nitro groups is 1. The van der Waals surface area contributed by atoms with Crippen molar-refractivity contribution in [2.24, 2.45) is 0 Å². The van der Waals surface area contributed by atoms with Crippen molar-refractivity contribution in [1.29, 1.82) is 0 Å². The number of hydrogen-bond donors (Lipinski definition) is 2. The zero-order valence-corrected chi connectivity index (χ0v) is 14.5. The van der Waals surface area contributed by atoms with Gasteiger partial charge in [-0.3, -0.25) is 19.7 Å². The Morgan fingerprint density at radius 3 is 3.00 bits per heavy atom. The molecule has 0 fully saturated rings. The van der Waals surface area contributed by atoms with Crippen LogP contribution in [0.4, 0.5) is 11.4 Å². The van der Waals surface area contributed by atoms with E-state index in [0.29, 0.717) is 21.1 Å². The summed E-state index contributed by atoms with van der Waals surface area (Å²) in [6.07, 6.45) is 0. The lowest BCUT2D eigenvalue weighted by Gasteiger charge is -2.11. The number of aromatic nitrogens is 2. The number of rotatable bonds is 5. The van der Waals surface area contributed by atoms with Crippen LogP contribution in [-0.2, 0) is 4.79 Å². The number of benzene rings is 1. The summed E-state index contributed by atoms with van der Waals surface area (Å²) in [5.41, 5.74) is -0.0193. The SMILES string of the molecule is C[C@@H](Sc1nc2sccc2c(=O)[nH]1)C(=O)Nc1cccc([N+](=O)[O-])c1. The van der Waals surface area contributed by atoms with Gasteiger partial charge in [-0.2, -0.15) is 0 Å². The average Bonchev–Trinajstić information content (AvgIpc) is 3.04. The monoisotopic (exact) mass is 376 g/mol. The number of fused-ring (bicyclic) bond motifs is 1. The number of nitro benzene ring substituents is 1. The van der Waals surface area contributed by atoms with E-state index in [1.807, 2.05) is 0 Å². The Labute approximate surface area is 149 Å². The number of thiophene rings is 1. The Hall–Kier alpha value is -2.72. The molecule has 128 valence electrons. The summed E-state index contributed by atoms with van der Waals surface area (Å²) in [4.78, 5) is 42.0. The average molecular weight is 376 g/mol. The van der Waals surface area contributed by atoms with E-state index in [0.717, 1.165) is 11.8 Å². The van der Waals surface area contributed by atoms with E-state index in [-0.39, 0.29) is 17.2 Å². The van der Waals surface area contributed by atoms with Crippen molar-refractivity contribution in [1.82, 2.24) is 9.97 Å². The van der Waals surface area contributed by atoms with Crippen molar-refractivity contribution >= 4 is 50.6 Å². The Morgan fingerprint density at radius 1 is 1.44 bits per heavy atom. The molecule has 2 heterocycles. The Bertz CT molecular complexity index is 1010. The van der Waals surface area contributed by atoms with Gasteiger partial charge in [0.05, 0.1) is 15.6 Å². The molecule has 0 saturated carbocycles. The van der Waals surface area contributed by atoms with Crippen molar-refractivity contribution in [3.05, 3.63) is 56.2 Å². The Morgan fingerprint density at radius 2 is 2.24 bits per heavy atom. The topological polar surface area (TPSA) is 118 Å². The highest BCUT2D eigenvalue weighted by molar-refractivity contribution is 8.00. The summed E-state index contributed by atoms with van der Waals surface area (Å²) < 4.78 is 0. The molecule has 10 heteroatoms. The van der Waals surface area contributed by atoms with Gasteiger partial charge in [0.1, 0.15) is 4.83 Å². The Kier molecular flexibility index (Phi) is 4.81. The van der Waals surface area contributed by atoms with Gasteiger partial charge in [0, 0.05) is 17.8 Å². The van der Waals surface area contributed by atoms with E-state index in [4.69, 9.17) is 0 Å². The number of nitrogens with one attached hydrogen (secondary N) is 2. The van der Waals surface area contributed by atoms with E-state index in [1.54, 1.807) is 24.4 Å². The predicted octanol–water partition coefficient (Wildman–Crippen LogP) is 3.01. The number of aromatic amines is 1. The number of anilines is 1. The summed E-state index contributed by atoms with van der Waals surface area (Å²) in [5, 5.41) is 15.5. The lowest BCUT2D eigenvalue weighted by atomic mass is 10.2. The molecule has 0 bridgehead atoms. The van der Waals surface area contributed by atoms with Crippen LogP contribution >= 0.6 is 23.1 Å². The number of non-ortho nitro benzene ring substituents is 1. The molecule has 0 aliphatic carbocycles. The molecule has 0 unspecified atom stereocenters. The summed E-state index contributed by atoms with van der Waals surface area (Å²) in [5.74, 6) is -0.348. The first kappa shape index (κ1) is 17.1. The summed E-state index contributed by atoms with van der Waals surface area (Å²) >= 11 is 2.46. The number of carbonyl (C=O) groups excluding carboxylic acids is 1. The number of nitrogens with zero attached hydrogens (tertiary/aromatic N) is 2. The fourth-order valence-electron chi connectivity index (χ4n) is 2.06. The van der Waals surface area contributed by atoms with Crippen LogP contribution in [0.5, 0.6) is 0 Å². The van der Waals surface area contributed by atoms with Crippen LogP contribution in [0.3, 0.4) is 0 Å². The molecule has 0 aliphatic heterocycles. The maximum absolute atomic E-state index is 12.3. The minimum absolute atomic E-state index is 0.104. The summed E-state index contributed by atoms with van der Waals surface area (Å²) in [6, 6.07) is 7.39. The van der Waals surface area contributed by atoms with Gasteiger partial charge in [0.15, 0.2) is 5.16 Å². The first-order valence-electron chi connectivity index (χ1n) is 7.13. The molecule has 1 amide bonds. The second kappa shape index (κ2) is 7.03. The van der Waals surface area contributed by atoms with Crippen LogP contribution in [0, 0.1) is 10.1 Å². The van der Waals surface area contributed by atoms with Crippen LogP contribution in [0.2, 0.25) is 0 Å². The molecule has 0 radical (unpaired) electrons. The van der Waals surface area contributed by atoms with Gasteiger partial charge in [0.25, 0.3) is 11.2 Å². The largest absolute Gasteiger partial charge is 0.325 e. The first-order valence-corrected chi connectivity index (χ1v) is 8.89. The molecule has 0 spiro atoms. The van der Waals surface area contributed by atoms with Crippen molar-refractivity contribution in [2.75, 3.05) is 5.32 Å². The molecule has 2 aromatic heterocycles. The fraction of sp³-hybridized carbons (Fsp3) is 0.133. The molecule has 1 aromatic carbocycles. The number of hydrogen-bond acceptors (Lipinski definition) is 7. The lowest BCUT2D eigenvalue weighted by molar-refractivity contribution is -0.384. The highest BCUT2D eigenvalue weighted by Crippen LogP contribution is 2.24. The van der Waals surface area contributed by atoms with Crippen molar-refractivity contribution < 1.29 is 9.72 Å². The van der Waals surface area contributed by atoms with Crippen LogP contribution in [0.1, 0.15) is 6.92 Å². The number of carbonyl (C=O) groups is 1. The number of amides is 1.